The van der Waals surface area contributed by atoms with E-state index in [4.69, 9.17) is 9.47 Å². The Bertz CT molecular complexity index is 1080. The molecule has 1 aliphatic rings. The largest absolute Gasteiger partial charge is 0.496 e. The quantitative estimate of drug-likeness (QED) is 0.435. The minimum Gasteiger partial charge on any atom is -0.496 e. The molecule has 2 aromatic carbocycles. The average Bonchev–Trinajstić information content (AvgIpc) is 3.03. The van der Waals surface area contributed by atoms with Crippen LogP contribution in [-0.4, -0.2) is 58.8 Å². The number of hydrogen-bond donors (Lipinski definition) is 0. The number of rotatable bonds is 8. The van der Waals surface area contributed by atoms with Crippen LogP contribution in [0, 0.1) is 0 Å². The van der Waals surface area contributed by atoms with Gasteiger partial charge in [0.1, 0.15) is 11.3 Å². The summed E-state index contributed by atoms with van der Waals surface area (Å²) in [4.78, 5) is 54.0. The molecule has 0 aromatic heterocycles. The third-order valence-electron chi connectivity index (χ3n) is 5.70. The van der Waals surface area contributed by atoms with E-state index in [2.05, 4.69) is 0 Å². The Morgan fingerprint density at radius 3 is 1.97 bits per heavy atom. The molecule has 1 aliphatic heterocycles. The van der Waals surface area contributed by atoms with Gasteiger partial charge in [0, 0.05) is 12.1 Å². The lowest BCUT2D eigenvalue weighted by Crippen LogP contribution is -2.47. The molecule has 34 heavy (non-hydrogen) atoms. The van der Waals surface area contributed by atoms with Crippen LogP contribution in [0.25, 0.3) is 0 Å². The van der Waals surface area contributed by atoms with Crippen molar-refractivity contribution in [3.8, 4) is 5.75 Å². The van der Waals surface area contributed by atoms with Crippen LogP contribution in [0.3, 0.4) is 0 Å². The van der Waals surface area contributed by atoms with Crippen molar-refractivity contribution >= 4 is 23.7 Å². The minimum absolute atomic E-state index is 0.0143. The van der Waals surface area contributed by atoms with Crippen molar-refractivity contribution in [1.82, 2.24) is 9.80 Å². The molecule has 8 heteroatoms. The van der Waals surface area contributed by atoms with Crippen LogP contribution in [0.15, 0.2) is 42.5 Å². The third kappa shape index (κ3) is 4.81. The lowest BCUT2D eigenvalue weighted by molar-refractivity contribution is -0.143. The van der Waals surface area contributed by atoms with Crippen LogP contribution in [-0.2, 0) is 16.1 Å². The fourth-order valence-corrected chi connectivity index (χ4v) is 4.17. The fraction of sp³-hybridized carbons (Fsp3) is 0.385. The third-order valence-corrected chi connectivity index (χ3v) is 5.70. The van der Waals surface area contributed by atoms with Crippen LogP contribution in [0.1, 0.15) is 71.3 Å². The van der Waals surface area contributed by atoms with E-state index in [1.165, 1.54) is 20.1 Å². The number of nitrogens with zero attached hydrogens (tertiary/aromatic N) is 2. The van der Waals surface area contributed by atoms with Crippen molar-refractivity contribution < 1.29 is 28.7 Å². The van der Waals surface area contributed by atoms with Crippen LogP contribution in [0.4, 0.5) is 0 Å². The second kappa shape index (κ2) is 10.1. The molecule has 2 aromatic rings. The van der Waals surface area contributed by atoms with E-state index < -0.39 is 12.1 Å². The van der Waals surface area contributed by atoms with Crippen molar-refractivity contribution in [3.63, 3.8) is 0 Å². The first kappa shape index (κ1) is 25.0. The van der Waals surface area contributed by atoms with E-state index >= 15 is 0 Å². The Hall–Kier alpha value is -3.68. The van der Waals surface area contributed by atoms with Gasteiger partial charge in [-0.1, -0.05) is 18.2 Å². The molecule has 0 bridgehead atoms. The summed E-state index contributed by atoms with van der Waals surface area (Å²) >= 11 is 0. The number of carbonyl (C=O) groups is 4. The smallest absolute Gasteiger partial charge is 0.342 e. The van der Waals surface area contributed by atoms with Crippen LogP contribution >= 0.6 is 0 Å². The molecular weight excluding hydrogens is 436 g/mol. The second-order valence-corrected chi connectivity index (χ2v) is 8.76. The molecule has 1 atom stereocenters. The lowest BCUT2D eigenvalue weighted by Gasteiger charge is -2.32. The zero-order chi connectivity index (χ0) is 25.2. The summed E-state index contributed by atoms with van der Waals surface area (Å²) in [7, 11) is 1.42. The standard InChI is InChI=1S/C26H30N2O6/c1-15(2)28(16(3)4)23(29)17(5)34-26(32)21-13-18(11-12-22(21)33-6)14-27-24(30)19-9-7-8-10-20(19)25(27)31/h7-13,15-17H,14H2,1-6H3. The number of imide groups is 1. The molecule has 0 saturated carbocycles. The highest BCUT2D eigenvalue weighted by molar-refractivity contribution is 6.21. The Kier molecular flexibility index (Phi) is 7.39. The van der Waals surface area contributed by atoms with Gasteiger partial charge in [0.15, 0.2) is 6.10 Å². The van der Waals surface area contributed by atoms with Crippen molar-refractivity contribution in [3.05, 3.63) is 64.7 Å². The van der Waals surface area contributed by atoms with Crippen molar-refractivity contribution in [2.45, 2.75) is 59.4 Å². The van der Waals surface area contributed by atoms with E-state index in [1.807, 2.05) is 27.7 Å². The zero-order valence-corrected chi connectivity index (χ0v) is 20.3. The zero-order valence-electron chi connectivity index (χ0n) is 20.3. The first-order valence-electron chi connectivity index (χ1n) is 11.2. The molecule has 1 unspecified atom stereocenters. The van der Waals surface area contributed by atoms with Gasteiger partial charge in [-0.3, -0.25) is 19.3 Å². The molecular formula is C26H30N2O6. The molecule has 8 nitrogen and oxygen atoms in total. The van der Waals surface area contributed by atoms with Gasteiger partial charge in [-0.05, 0) is 64.4 Å². The number of esters is 1. The van der Waals surface area contributed by atoms with Crippen molar-refractivity contribution in [2.75, 3.05) is 7.11 Å². The topological polar surface area (TPSA) is 93.2 Å². The summed E-state index contributed by atoms with van der Waals surface area (Å²) in [5, 5.41) is 0. The van der Waals surface area contributed by atoms with Gasteiger partial charge < -0.3 is 14.4 Å². The minimum atomic E-state index is -0.998. The predicted octanol–water partition coefficient (Wildman–Crippen LogP) is 3.68. The van der Waals surface area contributed by atoms with E-state index in [0.717, 1.165) is 4.90 Å². The van der Waals surface area contributed by atoms with Gasteiger partial charge in [-0.2, -0.15) is 0 Å². The van der Waals surface area contributed by atoms with Crippen LogP contribution < -0.4 is 4.74 Å². The Morgan fingerprint density at radius 2 is 1.47 bits per heavy atom. The molecule has 180 valence electrons. The van der Waals surface area contributed by atoms with Crippen LogP contribution in [0.2, 0.25) is 0 Å². The normalized spacial score (nSPS) is 13.8. The SMILES string of the molecule is COc1ccc(CN2C(=O)c3ccccc3C2=O)cc1C(=O)OC(C)C(=O)N(C(C)C)C(C)C. The molecule has 0 fully saturated rings. The second-order valence-electron chi connectivity index (χ2n) is 8.76. The van der Waals surface area contributed by atoms with Gasteiger partial charge in [0.25, 0.3) is 17.7 Å². The molecule has 0 N–H and O–H groups in total. The van der Waals surface area contributed by atoms with Gasteiger partial charge in [-0.25, -0.2) is 4.79 Å². The molecule has 3 rings (SSSR count). The highest BCUT2D eigenvalue weighted by Crippen LogP contribution is 2.27. The maximum absolute atomic E-state index is 13.0. The van der Waals surface area contributed by atoms with Gasteiger partial charge in [0.2, 0.25) is 0 Å². The van der Waals surface area contributed by atoms with Gasteiger partial charge >= 0.3 is 5.97 Å². The highest BCUT2D eigenvalue weighted by Gasteiger charge is 2.35. The van der Waals surface area contributed by atoms with E-state index in [1.54, 1.807) is 41.3 Å². The summed E-state index contributed by atoms with van der Waals surface area (Å²) in [5.41, 5.74) is 1.37. The maximum Gasteiger partial charge on any atom is 0.342 e. The van der Waals surface area contributed by atoms with Crippen molar-refractivity contribution in [1.29, 1.82) is 0 Å². The Labute approximate surface area is 199 Å². The Balaban J connectivity index is 1.80. The highest BCUT2D eigenvalue weighted by atomic mass is 16.5. The maximum atomic E-state index is 13.0. The fourth-order valence-electron chi connectivity index (χ4n) is 4.17. The number of ether oxygens (including phenoxy) is 2. The Morgan fingerprint density at radius 1 is 0.912 bits per heavy atom. The molecule has 0 aliphatic carbocycles. The van der Waals surface area contributed by atoms with Gasteiger partial charge in [0.05, 0.1) is 24.8 Å². The molecule has 3 amide bonds. The van der Waals surface area contributed by atoms with E-state index in [9.17, 15) is 19.2 Å². The average molecular weight is 467 g/mol. The first-order chi connectivity index (χ1) is 16.1. The van der Waals surface area contributed by atoms with Crippen molar-refractivity contribution in [2.24, 2.45) is 0 Å². The number of carbonyl (C=O) groups excluding carboxylic acids is 4. The molecule has 1 heterocycles. The summed E-state index contributed by atoms with van der Waals surface area (Å²) in [6, 6.07) is 11.3. The number of benzene rings is 2. The number of methoxy groups -OCH3 is 1. The number of hydrogen-bond acceptors (Lipinski definition) is 6. The van der Waals surface area contributed by atoms with Gasteiger partial charge in [-0.15, -0.1) is 0 Å². The summed E-state index contributed by atoms with van der Waals surface area (Å²) < 4.78 is 10.8. The summed E-state index contributed by atoms with van der Waals surface area (Å²) in [6.07, 6.45) is -0.998. The number of fused-ring (bicyclic) bond motifs is 1. The summed E-state index contributed by atoms with van der Waals surface area (Å²) in [5.74, 6) is -1.53. The number of amides is 3. The molecule has 0 spiro atoms. The predicted molar refractivity (Wildman–Crippen MR) is 126 cm³/mol. The lowest BCUT2D eigenvalue weighted by atomic mass is 10.1. The molecule has 0 radical (unpaired) electrons. The van der Waals surface area contributed by atoms with E-state index in [-0.39, 0.29) is 47.7 Å². The van der Waals surface area contributed by atoms with Crippen LogP contribution in [0.5, 0.6) is 5.75 Å². The summed E-state index contributed by atoms with van der Waals surface area (Å²) in [6.45, 7) is 9.12. The molecule has 0 saturated heterocycles. The monoisotopic (exact) mass is 466 g/mol. The van der Waals surface area contributed by atoms with E-state index in [0.29, 0.717) is 16.7 Å². The first-order valence-corrected chi connectivity index (χ1v) is 11.2.